The minimum atomic E-state index is -0.142. The van der Waals surface area contributed by atoms with Gasteiger partial charge in [0.25, 0.3) is 0 Å². The molecule has 2 unspecified atom stereocenters. The largest absolute Gasteiger partial charge is 0.356 e. The molecule has 5 heteroatoms. The highest BCUT2D eigenvalue weighted by atomic mass is 16.2. The van der Waals surface area contributed by atoms with E-state index in [-0.39, 0.29) is 17.7 Å². The molecule has 5 nitrogen and oxygen atoms in total. The van der Waals surface area contributed by atoms with Gasteiger partial charge in [0.1, 0.15) is 0 Å². The van der Waals surface area contributed by atoms with E-state index in [4.69, 9.17) is 0 Å². The van der Waals surface area contributed by atoms with Crippen LogP contribution in [0, 0.1) is 11.8 Å². The van der Waals surface area contributed by atoms with Gasteiger partial charge in [0.2, 0.25) is 11.8 Å². The van der Waals surface area contributed by atoms with Crippen LogP contribution in [0.4, 0.5) is 0 Å². The third kappa shape index (κ3) is 3.93. The number of nitrogens with zero attached hydrogens (tertiary/aromatic N) is 1. The molecule has 108 valence electrons. The maximum atomic E-state index is 12.0. The molecule has 2 atom stereocenters. The molecule has 0 aromatic heterocycles. The second kappa shape index (κ2) is 6.89. The van der Waals surface area contributed by atoms with Crippen molar-refractivity contribution < 1.29 is 9.59 Å². The lowest BCUT2D eigenvalue weighted by Gasteiger charge is -2.23. The van der Waals surface area contributed by atoms with E-state index in [1.165, 1.54) is 12.8 Å². The lowest BCUT2D eigenvalue weighted by atomic mass is 9.96. The van der Waals surface area contributed by atoms with Gasteiger partial charge in [-0.05, 0) is 45.2 Å². The van der Waals surface area contributed by atoms with E-state index in [9.17, 15) is 9.59 Å². The fraction of sp³-hybridized carbons (Fsp3) is 0.857. The Morgan fingerprint density at radius 3 is 3.00 bits per heavy atom. The smallest absolute Gasteiger partial charge is 0.225 e. The van der Waals surface area contributed by atoms with Crippen molar-refractivity contribution in [3.63, 3.8) is 0 Å². The van der Waals surface area contributed by atoms with Crippen LogP contribution in [0.1, 0.15) is 32.6 Å². The van der Waals surface area contributed by atoms with Gasteiger partial charge in [-0.15, -0.1) is 0 Å². The maximum Gasteiger partial charge on any atom is 0.225 e. The van der Waals surface area contributed by atoms with Crippen LogP contribution in [0.3, 0.4) is 0 Å². The van der Waals surface area contributed by atoms with Gasteiger partial charge in [-0.1, -0.05) is 0 Å². The Morgan fingerprint density at radius 1 is 1.53 bits per heavy atom. The summed E-state index contributed by atoms with van der Waals surface area (Å²) < 4.78 is 0. The van der Waals surface area contributed by atoms with Crippen LogP contribution < -0.4 is 10.6 Å². The van der Waals surface area contributed by atoms with Gasteiger partial charge in [-0.3, -0.25) is 9.59 Å². The van der Waals surface area contributed by atoms with E-state index < -0.39 is 0 Å². The molecule has 2 fully saturated rings. The van der Waals surface area contributed by atoms with Gasteiger partial charge in [-0.25, -0.2) is 0 Å². The Hall–Kier alpha value is -1.10. The first-order chi connectivity index (χ1) is 9.20. The average molecular weight is 267 g/mol. The van der Waals surface area contributed by atoms with Crippen LogP contribution in [0.25, 0.3) is 0 Å². The molecule has 2 rings (SSSR count). The summed E-state index contributed by atoms with van der Waals surface area (Å²) in [5.74, 6) is 0.704. The monoisotopic (exact) mass is 267 g/mol. The number of piperidine rings is 1. The summed E-state index contributed by atoms with van der Waals surface area (Å²) >= 11 is 0. The van der Waals surface area contributed by atoms with E-state index in [0.29, 0.717) is 25.4 Å². The molecule has 2 saturated heterocycles. The topological polar surface area (TPSA) is 61.4 Å². The van der Waals surface area contributed by atoms with Gasteiger partial charge in [0.15, 0.2) is 0 Å². The zero-order valence-corrected chi connectivity index (χ0v) is 11.8. The summed E-state index contributed by atoms with van der Waals surface area (Å²) in [5, 5.41) is 6.37. The van der Waals surface area contributed by atoms with Gasteiger partial charge in [-0.2, -0.15) is 0 Å². The molecular weight excluding hydrogens is 242 g/mol. The zero-order valence-electron chi connectivity index (χ0n) is 11.8. The van der Waals surface area contributed by atoms with E-state index >= 15 is 0 Å². The van der Waals surface area contributed by atoms with Crippen LogP contribution in [0.5, 0.6) is 0 Å². The second-order valence-corrected chi connectivity index (χ2v) is 5.63. The van der Waals surface area contributed by atoms with Crippen LogP contribution in [-0.4, -0.2) is 49.4 Å². The molecule has 19 heavy (non-hydrogen) atoms. The number of rotatable bonds is 5. The molecule has 0 radical (unpaired) electrons. The molecule has 2 N–H and O–H groups in total. The molecular formula is C14H25N3O2. The molecule has 0 aliphatic carbocycles. The Balaban J connectivity index is 1.65. The van der Waals surface area contributed by atoms with Crippen molar-refractivity contribution in [1.29, 1.82) is 0 Å². The summed E-state index contributed by atoms with van der Waals surface area (Å²) in [6, 6.07) is 0. The quantitative estimate of drug-likeness (QED) is 0.756. The fourth-order valence-corrected chi connectivity index (χ4v) is 2.97. The van der Waals surface area contributed by atoms with Crippen LogP contribution in [0.15, 0.2) is 0 Å². The second-order valence-electron chi connectivity index (χ2n) is 5.63. The highest BCUT2D eigenvalue weighted by molar-refractivity contribution is 5.89. The predicted octanol–water partition coefficient (Wildman–Crippen LogP) is 0.361. The Bertz CT molecular complexity index is 327. The standard InChI is InChI=1S/C14H25N3O2/c1-2-17-10-12(8-13(17)18)14(19)16-7-5-11-4-3-6-15-9-11/h11-12,15H,2-10H2,1H3,(H,16,19). The number of nitrogens with one attached hydrogen (secondary N) is 2. The van der Waals surface area contributed by atoms with E-state index in [2.05, 4.69) is 10.6 Å². The van der Waals surface area contributed by atoms with Crippen LogP contribution >= 0.6 is 0 Å². The van der Waals surface area contributed by atoms with Crippen molar-refractivity contribution in [3.05, 3.63) is 0 Å². The van der Waals surface area contributed by atoms with Gasteiger partial charge in [0, 0.05) is 26.1 Å². The number of likely N-dealkylation sites (tertiary alicyclic amines) is 1. The molecule has 2 heterocycles. The summed E-state index contributed by atoms with van der Waals surface area (Å²) in [5.41, 5.74) is 0. The van der Waals surface area contributed by atoms with Crippen molar-refractivity contribution >= 4 is 11.8 Å². The zero-order chi connectivity index (χ0) is 13.7. The summed E-state index contributed by atoms with van der Waals surface area (Å²) in [6.45, 7) is 6.18. The van der Waals surface area contributed by atoms with Crippen LogP contribution in [-0.2, 0) is 9.59 Å². The highest BCUT2D eigenvalue weighted by Crippen LogP contribution is 2.18. The molecule has 0 aromatic rings. The normalized spacial score (nSPS) is 27.6. The molecule has 2 amide bonds. The van der Waals surface area contributed by atoms with Crippen molar-refractivity contribution in [1.82, 2.24) is 15.5 Å². The number of carbonyl (C=O) groups is 2. The van der Waals surface area contributed by atoms with E-state index in [0.717, 1.165) is 26.1 Å². The van der Waals surface area contributed by atoms with Crippen molar-refractivity contribution in [2.75, 3.05) is 32.7 Å². The van der Waals surface area contributed by atoms with Crippen molar-refractivity contribution in [3.8, 4) is 0 Å². The number of hydrogen-bond donors (Lipinski definition) is 2. The average Bonchev–Trinajstić information content (AvgIpc) is 2.81. The van der Waals surface area contributed by atoms with E-state index in [1.807, 2.05) is 6.92 Å². The molecule has 0 aromatic carbocycles. The third-order valence-electron chi connectivity index (χ3n) is 4.22. The third-order valence-corrected chi connectivity index (χ3v) is 4.22. The molecule has 2 aliphatic heterocycles. The van der Waals surface area contributed by atoms with E-state index in [1.54, 1.807) is 4.90 Å². The number of amides is 2. The van der Waals surface area contributed by atoms with Crippen molar-refractivity contribution in [2.24, 2.45) is 11.8 Å². The fourth-order valence-electron chi connectivity index (χ4n) is 2.97. The molecule has 0 bridgehead atoms. The minimum absolute atomic E-state index is 0.0491. The Labute approximate surface area is 115 Å². The first kappa shape index (κ1) is 14.3. The maximum absolute atomic E-state index is 12.0. The van der Waals surface area contributed by atoms with Crippen LogP contribution in [0.2, 0.25) is 0 Å². The van der Waals surface area contributed by atoms with Gasteiger partial charge < -0.3 is 15.5 Å². The molecule has 0 spiro atoms. The minimum Gasteiger partial charge on any atom is -0.356 e. The Morgan fingerprint density at radius 2 is 2.37 bits per heavy atom. The predicted molar refractivity (Wildman–Crippen MR) is 73.6 cm³/mol. The number of carbonyl (C=O) groups excluding carboxylic acids is 2. The molecule has 2 aliphatic rings. The lowest BCUT2D eigenvalue weighted by Crippen LogP contribution is -2.36. The summed E-state index contributed by atoms with van der Waals surface area (Å²) in [6.07, 6.45) is 3.91. The lowest BCUT2D eigenvalue weighted by molar-refractivity contribution is -0.128. The first-order valence-corrected chi connectivity index (χ1v) is 7.47. The van der Waals surface area contributed by atoms with Crippen molar-refractivity contribution in [2.45, 2.75) is 32.6 Å². The SMILES string of the molecule is CCN1CC(C(=O)NCCC2CCCNC2)CC1=O. The Kier molecular flexibility index (Phi) is 5.19. The van der Waals surface area contributed by atoms with Gasteiger partial charge >= 0.3 is 0 Å². The summed E-state index contributed by atoms with van der Waals surface area (Å²) in [7, 11) is 0. The number of hydrogen-bond acceptors (Lipinski definition) is 3. The molecule has 0 saturated carbocycles. The highest BCUT2D eigenvalue weighted by Gasteiger charge is 2.33. The summed E-state index contributed by atoms with van der Waals surface area (Å²) in [4.78, 5) is 25.3. The van der Waals surface area contributed by atoms with Gasteiger partial charge in [0.05, 0.1) is 5.92 Å². The first-order valence-electron chi connectivity index (χ1n) is 7.47.